The molecule has 1 aromatic heterocycles. The smallest absolute Gasteiger partial charge is 0.235 e. The van der Waals surface area contributed by atoms with Gasteiger partial charge in [-0.15, -0.1) is 22.9 Å². The highest BCUT2D eigenvalue weighted by atomic mass is 35.5. The molecule has 1 N–H and O–H groups in total. The first-order valence-electron chi connectivity index (χ1n) is 5.01. The Morgan fingerprint density at radius 2 is 2.53 bits per heavy atom. The Balaban J connectivity index is 1.98. The first-order valence-corrected chi connectivity index (χ1v) is 6.42. The predicted octanol–water partition coefficient (Wildman–Crippen LogP) is 2.44. The van der Waals surface area contributed by atoms with Crippen molar-refractivity contribution in [1.82, 2.24) is 10.3 Å². The van der Waals surface area contributed by atoms with Gasteiger partial charge in [0.25, 0.3) is 0 Å². The number of carbonyl (C=O) groups is 1. The molecule has 1 amide bonds. The predicted molar refractivity (Wildman–Crippen MR) is 61.4 cm³/mol. The van der Waals surface area contributed by atoms with Crippen molar-refractivity contribution in [2.45, 2.75) is 31.7 Å². The van der Waals surface area contributed by atoms with E-state index < -0.39 is 0 Å². The maximum absolute atomic E-state index is 11.1. The molecule has 0 bridgehead atoms. The van der Waals surface area contributed by atoms with Crippen molar-refractivity contribution in [3.05, 3.63) is 16.1 Å². The summed E-state index contributed by atoms with van der Waals surface area (Å²) in [5, 5.41) is 6.02. The summed E-state index contributed by atoms with van der Waals surface area (Å²) in [6.45, 7) is 1.93. The van der Waals surface area contributed by atoms with E-state index in [0.29, 0.717) is 5.92 Å². The second-order valence-corrected chi connectivity index (χ2v) is 4.96. The minimum absolute atomic E-state index is 0.00393. The monoisotopic (exact) mass is 244 g/mol. The van der Waals surface area contributed by atoms with Crippen LogP contribution < -0.4 is 5.32 Å². The largest absolute Gasteiger partial charge is 0.347 e. The van der Waals surface area contributed by atoms with Gasteiger partial charge in [-0.2, -0.15) is 0 Å². The van der Waals surface area contributed by atoms with Gasteiger partial charge in [0.15, 0.2) is 0 Å². The van der Waals surface area contributed by atoms with Crippen molar-refractivity contribution in [3.8, 4) is 0 Å². The quantitative estimate of drug-likeness (QED) is 0.827. The minimum Gasteiger partial charge on any atom is -0.347 e. The van der Waals surface area contributed by atoms with E-state index in [1.807, 2.05) is 12.3 Å². The van der Waals surface area contributed by atoms with Crippen LogP contribution in [0, 0.1) is 0 Å². The third-order valence-corrected chi connectivity index (χ3v) is 3.68. The number of nitrogens with one attached hydrogen (secondary N) is 1. The summed E-state index contributed by atoms with van der Waals surface area (Å²) in [5.41, 5.74) is 0.945. The number of aromatic nitrogens is 1. The number of thiazole rings is 1. The molecule has 3 nitrogen and oxygen atoms in total. The molecule has 1 aliphatic carbocycles. The van der Waals surface area contributed by atoms with Gasteiger partial charge in [0.1, 0.15) is 5.88 Å². The Hall–Kier alpha value is -0.610. The highest BCUT2D eigenvalue weighted by molar-refractivity contribution is 7.09. The van der Waals surface area contributed by atoms with E-state index in [0.717, 1.165) is 5.69 Å². The third-order valence-electron chi connectivity index (χ3n) is 2.41. The van der Waals surface area contributed by atoms with Gasteiger partial charge in [0.05, 0.1) is 16.7 Å². The molecule has 82 valence electrons. The fourth-order valence-electron chi connectivity index (χ4n) is 1.37. The van der Waals surface area contributed by atoms with E-state index in [4.69, 9.17) is 11.6 Å². The maximum Gasteiger partial charge on any atom is 0.235 e. The molecule has 15 heavy (non-hydrogen) atoms. The molecule has 1 atom stereocenters. The van der Waals surface area contributed by atoms with Gasteiger partial charge >= 0.3 is 0 Å². The Bertz CT molecular complexity index is 362. The molecule has 0 saturated heterocycles. The van der Waals surface area contributed by atoms with Crippen LogP contribution in [0.15, 0.2) is 5.38 Å². The van der Waals surface area contributed by atoms with Crippen LogP contribution in [0.25, 0.3) is 0 Å². The molecule has 1 heterocycles. The number of alkyl halides is 1. The number of nitrogens with zero attached hydrogens (tertiary/aromatic N) is 1. The number of hydrogen-bond acceptors (Lipinski definition) is 3. The molecule has 1 saturated carbocycles. The van der Waals surface area contributed by atoms with Crippen LogP contribution in [0.4, 0.5) is 0 Å². The number of rotatable bonds is 4. The summed E-state index contributed by atoms with van der Waals surface area (Å²) in [7, 11) is 0. The SMILES string of the molecule is CC(NC(=O)CCl)c1csc(C2CC2)n1. The summed E-state index contributed by atoms with van der Waals surface area (Å²) in [6, 6.07) is -0.0417. The van der Waals surface area contributed by atoms with Gasteiger partial charge in [-0.25, -0.2) is 4.98 Å². The van der Waals surface area contributed by atoms with E-state index in [1.165, 1.54) is 17.8 Å². The molecule has 5 heteroatoms. The zero-order valence-corrected chi connectivity index (χ0v) is 10.1. The van der Waals surface area contributed by atoms with Crippen LogP contribution in [0.5, 0.6) is 0 Å². The third kappa shape index (κ3) is 2.69. The molecular weight excluding hydrogens is 232 g/mol. The van der Waals surface area contributed by atoms with Gasteiger partial charge in [0, 0.05) is 11.3 Å². The first kappa shape index (κ1) is 10.9. The topological polar surface area (TPSA) is 42.0 Å². The van der Waals surface area contributed by atoms with Crippen LogP contribution in [-0.2, 0) is 4.79 Å². The first-order chi connectivity index (χ1) is 7.20. The van der Waals surface area contributed by atoms with Crippen LogP contribution in [0.3, 0.4) is 0 Å². The highest BCUT2D eigenvalue weighted by Gasteiger charge is 2.27. The summed E-state index contributed by atoms with van der Waals surface area (Å²) in [5.74, 6) is 0.536. The molecule has 0 aromatic carbocycles. The van der Waals surface area contributed by atoms with Gasteiger partial charge in [-0.3, -0.25) is 4.79 Å². The summed E-state index contributed by atoms with van der Waals surface area (Å²) < 4.78 is 0. The van der Waals surface area contributed by atoms with Crippen LogP contribution in [0.2, 0.25) is 0 Å². The fourth-order valence-corrected chi connectivity index (χ4v) is 2.53. The average Bonchev–Trinajstić information content (AvgIpc) is 2.96. The Morgan fingerprint density at radius 1 is 1.80 bits per heavy atom. The van der Waals surface area contributed by atoms with Crippen LogP contribution in [0.1, 0.15) is 42.4 Å². The normalized spacial score (nSPS) is 17.5. The molecule has 0 aliphatic heterocycles. The zero-order chi connectivity index (χ0) is 10.8. The van der Waals surface area contributed by atoms with Crippen molar-refractivity contribution < 1.29 is 4.79 Å². The molecule has 0 spiro atoms. The summed E-state index contributed by atoms with van der Waals surface area (Å²) in [4.78, 5) is 15.6. The standard InChI is InChI=1S/C10H13ClN2OS/c1-6(12-9(14)4-11)8-5-15-10(13-8)7-2-3-7/h5-7H,2-4H2,1H3,(H,12,14). The van der Waals surface area contributed by atoms with E-state index in [1.54, 1.807) is 11.3 Å². The number of amides is 1. The van der Waals surface area contributed by atoms with Gasteiger partial charge < -0.3 is 5.32 Å². The van der Waals surface area contributed by atoms with Crippen molar-refractivity contribution in [3.63, 3.8) is 0 Å². The van der Waals surface area contributed by atoms with E-state index in [-0.39, 0.29) is 17.8 Å². The molecule has 1 unspecified atom stereocenters. The second kappa shape index (κ2) is 4.49. The van der Waals surface area contributed by atoms with Crippen LogP contribution in [-0.4, -0.2) is 16.8 Å². The zero-order valence-electron chi connectivity index (χ0n) is 8.50. The van der Waals surface area contributed by atoms with Gasteiger partial charge in [-0.05, 0) is 19.8 Å². The molecule has 0 radical (unpaired) electrons. The van der Waals surface area contributed by atoms with Crippen molar-refractivity contribution in [1.29, 1.82) is 0 Å². The molecule has 1 fully saturated rings. The van der Waals surface area contributed by atoms with E-state index in [2.05, 4.69) is 10.3 Å². The number of carbonyl (C=O) groups excluding carboxylic acids is 1. The lowest BCUT2D eigenvalue weighted by atomic mass is 10.2. The Morgan fingerprint density at radius 3 is 3.13 bits per heavy atom. The fraction of sp³-hybridized carbons (Fsp3) is 0.600. The summed E-state index contributed by atoms with van der Waals surface area (Å²) in [6.07, 6.45) is 2.52. The van der Waals surface area contributed by atoms with E-state index in [9.17, 15) is 4.79 Å². The molecular formula is C10H13ClN2OS. The lowest BCUT2D eigenvalue weighted by Gasteiger charge is -2.09. The Labute approximate surface area is 97.9 Å². The molecule has 1 aromatic rings. The molecule has 2 rings (SSSR count). The highest BCUT2D eigenvalue weighted by Crippen LogP contribution is 2.41. The van der Waals surface area contributed by atoms with E-state index >= 15 is 0 Å². The van der Waals surface area contributed by atoms with Crippen molar-refractivity contribution in [2.75, 3.05) is 5.88 Å². The summed E-state index contributed by atoms with van der Waals surface area (Å²) >= 11 is 7.11. The minimum atomic E-state index is -0.148. The average molecular weight is 245 g/mol. The molecule has 1 aliphatic rings. The Kier molecular flexibility index (Phi) is 3.26. The van der Waals surface area contributed by atoms with Gasteiger partial charge in [-0.1, -0.05) is 0 Å². The maximum atomic E-state index is 11.1. The van der Waals surface area contributed by atoms with Crippen LogP contribution >= 0.6 is 22.9 Å². The van der Waals surface area contributed by atoms with Crippen molar-refractivity contribution in [2.24, 2.45) is 0 Å². The number of hydrogen-bond donors (Lipinski definition) is 1. The van der Waals surface area contributed by atoms with Crippen molar-refractivity contribution >= 4 is 28.8 Å². The number of halogens is 1. The second-order valence-electron chi connectivity index (χ2n) is 3.81. The van der Waals surface area contributed by atoms with Gasteiger partial charge in [0.2, 0.25) is 5.91 Å². The lowest BCUT2D eigenvalue weighted by molar-refractivity contribution is -0.119. The lowest BCUT2D eigenvalue weighted by Crippen LogP contribution is -2.27.